The van der Waals surface area contributed by atoms with Crippen LogP contribution in [0.15, 0.2) is 65.3 Å². The predicted octanol–water partition coefficient (Wildman–Crippen LogP) is 9.14. The average Bonchev–Trinajstić information content (AvgIpc) is 3.50. The minimum Gasteiger partial charge on any atom is -0.500 e. The summed E-state index contributed by atoms with van der Waals surface area (Å²) in [4.78, 5) is 12.3. The number of pyridine rings is 3. The number of aromatic nitrogens is 3. The molecule has 7 aromatic rings. The van der Waals surface area contributed by atoms with Gasteiger partial charge in [0.2, 0.25) is 0 Å². The number of rotatable bonds is 2. The summed E-state index contributed by atoms with van der Waals surface area (Å²) in [5.41, 5.74) is -2.09. The first kappa shape index (κ1) is 12.5. The van der Waals surface area contributed by atoms with Gasteiger partial charge in [0.05, 0.1) is 11.1 Å². The van der Waals surface area contributed by atoms with Gasteiger partial charge in [0.1, 0.15) is 5.58 Å². The molecule has 4 aromatic heterocycles. The fraction of sp³-hybridized carbons (Fsp3) is 0.194. The maximum absolute atomic E-state index is 8.34. The molecule has 0 N–H and O–H groups in total. The number of aryl methyl sites for hydroxylation is 7. The SMILES string of the molecule is [2H]C([2H])([2H])c1c[c-]c(-c2ccc(C([2H])([2H])[2H])cn2)cc1.[2H]C([2H])([2H])c1cc2oc3c[c-]c(-c4cc(C([2H])([2H])[2H])c(C([2H])([2H])[2H])cn4)c4c(C([2H])([2H])[2H])c(C([2H])([2H])[2H])c(n1)c2c34.[Ir]. The average molecular weight is 735 g/mol. The van der Waals surface area contributed by atoms with E-state index in [4.69, 9.17) is 33.2 Å². The van der Waals surface area contributed by atoms with E-state index in [1.54, 1.807) is 12.1 Å². The second-order valence-corrected chi connectivity index (χ2v) is 8.90. The van der Waals surface area contributed by atoms with Crippen molar-refractivity contribution in [1.29, 1.82) is 0 Å². The van der Waals surface area contributed by atoms with Gasteiger partial charge in [-0.3, -0.25) is 4.98 Å². The van der Waals surface area contributed by atoms with Crippen LogP contribution in [0, 0.1) is 60.1 Å². The number of nitrogens with zero attached hydrogens (tertiary/aromatic N) is 3. The molecule has 4 heterocycles. The van der Waals surface area contributed by atoms with Crippen LogP contribution < -0.4 is 0 Å². The first-order valence-electron chi connectivity index (χ1n) is 22.3. The van der Waals surface area contributed by atoms with Crippen LogP contribution in [0.3, 0.4) is 0 Å². The quantitative estimate of drug-likeness (QED) is 0.131. The summed E-state index contributed by atoms with van der Waals surface area (Å²) >= 11 is 0. The van der Waals surface area contributed by atoms with Gasteiger partial charge in [0.25, 0.3) is 0 Å². The van der Waals surface area contributed by atoms with Gasteiger partial charge < -0.3 is 14.4 Å². The summed E-state index contributed by atoms with van der Waals surface area (Å²) in [5.74, 6) is 0. The fourth-order valence-corrected chi connectivity index (χ4v) is 4.43. The van der Waals surface area contributed by atoms with Crippen LogP contribution in [0.5, 0.6) is 0 Å². The van der Waals surface area contributed by atoms with E-state index in [1.165, 1.54) is 30.5 Å². The molecule has 0 spiro atoms. The molecule has 7 rings (SSSR count). The third kappa shape index (κ3) is 5.16. The zero-order chi connectivity index (χ0) is 45.6. The third-order valence-electron chi connectivity index (χ3n) is 6.30. The van der Waals surface area contributed by atoms with Gasteiger partial charge in [-0.05, 0) is 74.6 Å². The number of hydrogen-bond donors (Lipinski definition) is 0. The normalized spacial score (nSPS) is 20.8. The van der Waals surface area contributed by atoms with Crippen LogP contribution in [0.4, 0.5) is 0 Å². The Kier molecular flexibility index (Phi) is 3.41. The van der Waals surface area contributed by atoms with Crippen molar-refractivity contribution in [2.24, 2.45) is 0 Å². The number of furan rings is 1. The van der Waals surface area contributed by atoms with Gasteiger partial charge in [-0.2, -0.15) is 0 Å². The van der Waals surface area contributed by atoms with E-state index in [9.17, 15) is 0 Å². The van der Waals surface area contributed by atoms with Crippen LogP contribution in [-0.4, -0.2) is 15.0 Å². The Morgan fingerprint density at radius 2 is 1.54 bits per heavy atom. The Balaban J connectivity index is 0.000000291. The topological polar surface area (TPSA) is 51.8 Å². The molecule has 0 bridgehead atoms. The van der Waals surface area contributed by atoms with Crippen molar-refractivity contribution >= 4 is 32.8 Å². The summed E-state index contributed by atoms with van der Waals surface area (Å²) in [7, 11) is 0. The molecular formula is C36H31IrN3O-2. The first-order valence-corrected chi connectivity index (χ1v) is 11.8. The molecule has 5 heteroatoms. The Labute approximate surface area is 284 Å². The van der Waals surface area contributed by atoms with Crippen molar-refractivity contribution in [2.75, 3.05) is 0 Å². The third-order valence-corrected chi connectivity index (χ3v) is 6.30. The molecule has 0 fully saturated rings. The minimum atomic E-state index is -3.11. The van der Waals surface area contributed by atoms with E-state index in [-0.39, 0.29) is 75.3 Å². The molecule has 207 valence electrons. The van der Waals surface area contributed by atoms with E-state index in [1.807, 2.05) is 0 Å². The zero-order valence-electron chi connectivity index (χ0n) is 41.9. The van der Waals surface area contributed by atoms with Crippen LogP contribution in [0.25, 0.3) is 55.4 Å². The molecule has 0 aliphatic heterocycles. The Bertz CT molecular complexity index is 2680. The number of hydrogen-bond acceptors (Lipinski definition) is 4. The smallest absolute Gasteiger partial charge is 0.124 e. The molecule has 4 nitrogen and oxygen atoms in total. The van der Waals surface area contributed by atoms with Crippen molar-refractivity contribution < 1.29 is 53.3 Å². The van der Waals surface area contributed by atoms with Gasteiger partial charge in [-0.25, -0.2) is 0 Å². The molecule has 0 aliphatic rings. The van der Waals surface area contributed by atoms with E-state index < -0.39 is 75.9 Å². The summed E-state index contributed by atoms with van der Waals surface area (Å²) in [6.45, 7) is -19.0. The Morgan fingerprint density at radius 3 is 2.24 bits per heavy atom. The molecule has 1 radical (unpaired) electrons. The molecular weight excluding hydrogens is 683 g/mol. The molecule has 3 aromatic carbocycles. The molecule has 0 unspecified atom stereocenters. The molecule has 41 heavy (non-hydrogen) atoms. The molecule has 0 saturated heterocycles. The Morgan fingerprint density at radius 1 is 0.683 bits per heavy atom. The van der Waals surface area contributed by atoms with Crippen molar-refractivity contribution in [3.8, 4) is 22.5 Å². The molecule has 0 amide bonds. The second kappa shape index (κ2) is 11.2. The molecule has 0 aliphatic carbocycles. The van der Waals surface area contributed by atoms with Gasteiger partial charge in [-0.1, -0.05) is 41.6 Å². The largest absolute Gasteiger partial charge is 0.500 e. The van der Waals surface area contributed by atoms with Crippen LogP contribution in [-0.2, 0) is 20.1 Å². The monoisotopic (exact) mass is 735 g/mol. The maximum atomic E-state index is 8.34. The van der Waals surface area contributed by atoms with Crippen molar-refractivity contribution in [1.82, 2.24) is 15.0 Å². The van der Waals surface area contributed by atoms with Crippen molar-refractivity contribution in [3.05, 3.63) is 112 Å². The van der Waals surface area contributed by atoms with E-state index in [2.05, 4.69) is 27.1 Å². The maximum Gasteiger partial charge on any atom is 0.124 e. The fourth-order valence-electron chi connectivity index (χ4n) is 4.43. The summed E-state index contributed by atoms with van der Waals surface area (Å²) in [6.07, 6.45) is 2.16. The summed E-state index contributed by atoms with van der Waals surface area (Å²) in [6, 6.07) is 16.7. The standard InChI is InChI=1S/C23H19N2O.C13H12N.Ir/c1-11-8-17(24-10-12(11)2)16-6-7-18-21-20(16)14(4)15(5)23-22(21)19(26-18)9-13(3)25-23;1-10-3-6-12(7-4-10)13-8-5-11(2)9-14-13;/h7-10H,1-5H3;3-6,8-9H,1-2H3;/q2*-1;/i1D3,2D3,3D3,4D3,5D3;1D3,2D3;. The van der Waals surface area contributed by atoms with E-state index in [0.29, 0.717) is 11.3 Å². The minimum absolute atomic E-state index is 0. The molecule has 0 saturated carbocycles. The first-order chi connectivity index (χ1) is 27.7. The van der Waals surface area contributed by atoms with Crippen LogP contribution in [0.1, 0.15) is 67.9 Å². The van der Waals surface area contributed by atoms with Crippen molar-refractivity contribution in [2.45, 2.75) is 48.0 Å². The van der Waals surface area contributed by atoms with Gasteiger partial charge in [0, 0.05) is 78.4 Å². The van der Waals surface area contributed by atoms with Gasteiger partial charge >= 0.3 is 0 Å². The van der Waals surface area contributed by atoms with Crippen LogP contribution >= 0.6 is 0 Å². The molecule has 0 atom stereocenters. The van der Waals surface area contributed by atoms with Crippen molar-refractivity contribution in [3.63, 3.8) is 0 Å². The zero-order valence-corrected chi connectivity index (χ0v) is 23.3. The summed E-state index contributed by atoms with van der Waals surface area (Å²) < 4.78 is 170. The predicted molar refractivity (Wildman–Crippen MR) is 164 cm³/mol. The number of benzene rings is 3. The van der Waals surface area contributed by atoms with Gasteiger partial charge in [-0.15, -0.1) is 53.1 Å². The Hall–Kier alpha value is -3.92. The van der Waals surface area contributed by atoms with Crippen LogP contribution in [0.2, 0.25) is 0 Å². The summed E-state index contributed by atoms with van der Waals surface area (Å²) in [5, 5.41) is -0.0222. The second-order valence-electron chi connectivity index (χ2n) is 8.90. The van der Waals surface area contributed by atoms with E-state index >= 15 is 0 Å². The van der Waals surface area contributed by atoms with E-state index in [0.717, 1.165) is 18.3 Å². The van der Waals surface area contributed by atoms with Gasteiger partial charge in [0.15, 0.2) is 0 Å².